The van der Waals surface area contributed by atoms with Gasteiger partial charge in [-0.2, -0.15) is 0 Å². The van der Waals surface area contributed by atoms with Crippen molar-refractivity contribution in [2.24, 2.45) is 5.92 Å². The Hall–Kier alpha value is -3.02. The third kappa shape index (κ3) is 3.67. The van der Waals surface area contributed by atoms with Gasteiger partial charge in [0.1, 0.15) is 11.5 Å². The number of amides is 2. The lowest BCUT2D eigenvalue weighted by molar-refractivity contribution is -0.126. The fourth-order valence-corrected chi connectivity index (χ4v) is 3.83. The summed E-state index contributed by atoms with van der Waals surface area (Å²) in [4.78, 5) is 26.7. The number of anilines is 1. The number of nitrogens with one attached hydrogen (secondary N) is 1. The topological polar surface area (TPSA) is 67.9 Å². The molecule has 2 aromatic carbocycles. The molecule has 28 heavy (non-hydrogen) atoms. The SMILES string of the molecule is COc1ccccc1N1C[C@@H](C(=O)NCc2ccc3c(c2)CCCO3)CC1=O. The maximum atomic E-state index is 12.6. The van der Waals surface area contributed by atoms with Crippen LogP contribution in [0.3, 0.4) is 0 Å². The van der Waals surface area contributed by atoms with Gasteiger partial charge in [0.05, 0.1) is 25.3 Å². The normalized spacial score (nSPS) is 18.4. The van der Waals surface area contributed by atoms with Crippen LogP contribution in [0.15, 0.2) is 42.5 Å². The van der Waals surface area contributed by atoms with Gasteiger partial charge in [-0.1, -0.05) is 24.3 Å². The summed E-state index contributed by atoms with van der Waals surface area (Å²) in [5, 5.41) is 2.98. The number of para-hydroxylation sites is 2. The molecular weight excluding hydrogens is 356 g/mol. The minimum Gasteiger partial charge on any atom is -0.495 e. The highest BCUT2D eigenvalue weighted by Gasteiger charge is 2.36. The van der Waals surface area contributed by atoms with Gasteiger partial charge in [0, 0.05) is 19.5 Å². The van der Waals surface area contributed by atoms with Crippen LogP contribution in [-0.2, 0) is 22.6 Å². The lowest BCUT2D eigenvalue weighted by atomic mass is 10.0. The molecule has 0 unspecified atom stereocenters. The lowest BCUT2D eigenvalue weighted by Crippen LogP contribution is -2.32. The molecule has 2 aliphatic heterocycles. The van der Waals surface area contributed by atoms with E-state index in [-0.39, 0.29) is 24.2 Å². The van der Waals surface area contributed by atoms with Gasteiger partial charge in [-0.25, -0.2) is 0 Å². The van der Waals surface area contributed by atoms with Crippen LogP contribution in [0, 0.1) is 5.92 Å². The largest absolute Gasteiger partial charge is 0.495 e. The molecule has 0 saturated carbocycles. The Morgan fingerprint density at radius 1 is 1.29 bits per heavy atom. The number of hydrogen-bond acceptors (Lipinski definition) is 4. The van der Waals surface area contributed by atoms with Gasteiger partial charge >= 0.3 is 0 Å². The van der Waals surface area contributed by atoms with E-state index in [0.717, 1.165) is 30.8 Å². The van der Waals surface area contributed by atoms with Crippen molar-refractivity contribution in [2.75, 3.05) is 25.2 Å². The fraction of sp³-hybridized carbons (Fsp3) is 0.364. The molecule has 1 saturated heterocycles. The molecule has 0 aliphatic carbocycles. The van der Waals surface area contributed by atoms with E-state index in [2.05, 4.69) is 11.4 Å². The predicted octanol–water partition coefficient (Wildman–Crippen LogP) is 2.69. The van der Waals surface area contributed by atoms with Crippen LogP contribution in [0.4, 0.5) is 5.69 Å². The molecule has 6 heteroatoms. The molecule has 0 radical (unpaired) electrons. The summed E-state index contributed by atoms with van der Waals surface area (Å²) in [6.07, 6.45) is 2.23. The highest BCUT2D eigenvalue weighted by atomic mass is 16.5. The monoisotopic (exact) mass is 380 g/mol. The minimum atomic E-state index is -0.363. The zero-order valence-electron chi connectivity index (χ0n) is 15.9. The summed E-state index contributed by atoms with van der Waals surface area (Å²) in [7, 11) is 1.58. The van der Waals surface area contributed by atoms with E-state index in [1.54, 1.807) is 12.0 Å². The van der Waals surface area contributed by atoms with Crippen molar-refractivity contribution in [3.63, 3.8) is 0 Å². The fourth-order valence-electron chi connectivity index (χ4n) is 3.83. The van der Waals surface area contributed by atoms with E-state index in [1.165, 1.54) is 5.56 Å². The predicted molar refractivity (Wildman–Crippen MR) is 106 cm³/mol. The van der Waals surface area contributed by atoms with Crippen molar-refractivity contribution in [3.05, 3.63) is 53.6 Å². The smallest absolute Gasteiger partial charge is 0.227 e. The van der Waals surface area contributed by atoms with Crippen LogP contribution in [0.2, 0.25) is 0 Å². The molecule has 2 amide bonds. The van der Waals surface area contributed by atoms with Gasteiger partial charge in [0.25, 0.3) is 0 Å². The van der Waals surface area contributed by atoms with Crippen LogP contribution in [0.1, 0.15) is 24.0 Å². The van der Waals surface area contributed by atoms with Gasteiger partial charge in [-0.15, -0.1) is 0 Å². The lowest BCUT2D eigenvalue weighted by Gasteiger charge is -2.19. The van der Waals surface area contributed by atoms with E-state index in [4.69, 9.17) is 9.47 Å². The van der Waals surface area contributed by atoms with E-state index in [1.807, 2.05) is 36.4 Å². The number of carbonyl (C=O) groups excluding carboxylic acids is 2. The van der Waals surface area contributed by atoms with Crippen molar-refractivity contribution in [2.45, 2.75) is 25.8 Å². The first kappa shape index (κ1) is 18.3. The zero-order valence-corrected chi connectivity index (χ0v) is 15.9. The first-order valence-corrected chi connectivity index (χ1v) is 9.61. The first-order chi connectivity index (χ1) is 13.7. The Bertz CT molecular complexity index is 896. The molecule has 2 heterocycles. The summed E-state index contributed by atoms with van der Waals surface area (Å²) in [6.45, 7) is 1.58. The van der Waals surface area contributed by atoms with E-state index >= 15 is 0 Å². The highest BCUT2D eigenvalue weighted by molar-refractivity contribution is 6.01. The van der Waals surface area contributed by atoms with Crippen LogP contribution < -0.4 is 19.7 Å². The Morgan fingerprint density at radius 3 is 3.00 bits per heavy atom. The molecule has 2 aliphatic rings. The maximum absolute atomic E-state index is 12.6. The van der Waals surface area contributed by atoms with E-state index in [9.17, 15) is 9.59 Å². The number of carbonyl (C=O) groups is 2. The molecule has 1 N–H and O–H groups in total. The molecule has 0 bridgehead atoms. The van der Waals surface area contributed by atoms with Gasteiger partial charge in [0.15, 0.2) is 0 Å². The average Bonchev–Trinajstić information content (AvgIpc) is 3.13. The Balaban J connectivity index is 1.39. The van der Waals surface area contributed by atoms with Crippen molar-refractivity contribution in [1.29, 1.82) is 0 Å². The summed E-state index contributed by atoms with van der Waals surface area (Å²) >= 11 is 0. The Morgan fingerprint density at radius 2 is 2.14 bits per heavy atom. The van der Waals surface area contributed by atoms with Crippen LogP contribution in [0.25, 0.3) is 0 Å². The summed E-state index contributed by atoms with van der Waals surface area (Å²) in [5.74, 6) is 1.05. The number of nitrogens with zero attached hydrogens (tertiary/aromatic N) is 1. The Kier molecular flexibility index (Phi) is 5.19. The highest BCUT2D eigenvalue weighted by Crippen LogP contribution is 2.33. The van der Waals surface area contributed by atoms with Gasteiger partial charge in [0.2, 0.25) is 11.8 Å². The molecule has 4 rings (SSSR count). The van der Waals surface area contributed by atoms with Crippen molar-refractivity contribution in [1.82, 2.24) is 5.32 Å². The van der Waals surface area contributed by atoms with Crippen molar-refractivity contribution in [3.8, 4) is 11.5 Å². The number of benzene rings is 2. The summed E-state index contributed by atoms with van der Waals surface area (Å²) in [5.41, 5.74) is 2.94. The van der Waals surface area contributed by atoms with Crippen molar-refractivity contribution >= 4 is 17.5 Å². The van der Waals surface area contributed by atoms with Gasteiger partial charge in [-0.05, 0) is 42.2 Å². The number of methoxy groups -OCH3 is 1. The third-order valence-electron chi connectivity index (χ3n) is 5.31. The second-order valence-corrected chi connectivity index (χ2v) is 7.19. The second kappa shape index (κ2) is 7.92. The average molecular weight is 380 g/mol. The molecule has 1 fully saturated rings. The standard InChI is InChI=1S/C22H24N2O4/c1-27-20-7-3-2-6-18(20)24-14-17(12-21(24)25)22(26)23-13-15-8-9-19-16(11-15)5-4-10-28-19/h2-3,6-9,11,17H,4-5,10,12-14H2,1H3,(H,23,26)/t17-/m0/s1. The summed E-state index contributed by atoms with van der Waals surface area (Å²) < 4.78 is 11.0. The molecular formula is C22H24N2O4. The van der Waals surface area contributed by atoms with Crippen molar-refractivity contribution < 1.29 is 19.1 Å². The molecule has 0 aromatic heterocycles. The van der Waals surface area contributed by atoms with Gasteiger partial charge < -0.3 is 19.7 Å². The number of ether oxygens (including phenoxy) is 2. The number of aryl methyl sites for hydroxylation is 1. The van der Waals surface area contributed by atoms with Crippen LogP contribution in [0.5, 0.6) is 11.5 Å². The van der Waals surface area contributed by atoms with E-state index in [0.29, 0.717) is 24.5 Å². The zero-order chi connectivity index (χ0) is 19.5. The van der Waals surface area contributed by atoms with Gasteiger partial charge in [-0.3, -0.25) is 9.59 Å². The van der Waals surface area contributed by atoms with Crippen LogP contribution >= 0.6 is 0 Å². The quantitative estimate of drug-likeness (QED) is 0.866. The Labute approximate surface area is 164 Å². The third-order valence-corrected chi connectivity index (χ3v) is 5.31. The van der Waals surface area contributed by atoms with E-state index < -0.39 is 0 Å². The summed E-state index contributed by atoms with van der Waals surface area (Å²) in [6, 6.07) is 13.4. The second-order valence-electron chi connectivity index (χ2n) is 7.19. The molecule has 1 atom stereocenters. The van der Waals surface area contributed by atoms with Crippen LogP contribution in [-0.4, -0.2) is 32.1 Å². The number of fused-ring (bicyclic) bond motifs is 1. The molecule has 2 aromatic rings. The number of rotatable bonds is 5. The maximum Gasteiger partial charge on any atom is 0.227 e. The first-order valence-electron chi connectivity index (χ1n) is 9.61. The minimum absolute atomic E-state index is 0.0596. The molecule has 0 spiro atoms. The molecule has 6 nitrogen and oxygen atoms in total. The molecule has 146 valence electrons. The number of hydrogen-bond donors (Lipinski definition) is 1.